The van der Waals surface area contributed by atoms with Crippen molar-refractivity contribution in [3.63, 3.8) is 0 Å². The Morgan fingerprint density at radius 2 is 1.33 bits per heavy atom. The molecule has 0 aliphatic carbocycles. The van der Waals surface area contributed by atoms with Gasteiger partial charge in [-0.25, -0.2) is 18.0 Å². The number of hydrogen-bond donors (Lipinski definition) is 1. The Bertz CT molecular complexity index is 975. The first kappa shape index (κ1) is 26.4. The van der Waals surface area contributed by atoms with Crippen molar-refractivity contribution in [1.82, 2.24) is 5.32 Å². The van der Waals surface area contributed by atoms with Crippen molar-refractivity contribution in [3.05, 3.63) is 52.8 Å². The lowest BCUT2D eigenvalue weighted by molar-refractivity contribution is -0.138. The van der Waals surface area contributed by atoms with Crippen LogP contribution in [-0.2, 0) is 10.3 Å². The number of halogens is 5. The van der Waals surface area contributed by atoms with Gasteiger partial charge in [0, 0.05) is 11.6 Å². The summed E-state index contributed by atoms with van der Waals surface area (Å²) in [6, 6.07) is 3.92. The predicted molar refractivity (Wildman–Crippen MR) is 111 cm³/mol. The van der Waals surface area contributed by atoms with Crippen LogP contribution in [0.2, 0.25) is 0 Å². The van der Waals surface area contributed by atoms with E-state index in [0.29, 0.717) is 17.1 Å². The van der Waals surface area contributed by atoms with Gasteiger partial charge in [-0.15, -0.1) is 0 Å². The van der Waals surface area contributed by atoms with Crippen LogP contribution in [0, 0.1) is 35.0 Å². The molecule has 0 saturated carbocycles. The molecule has 0 aliphatic heterocycles. The van der Waals surface area contributed by atoms with Gasteiger partial charge in [-0.3, -0.25) is 5.32 Å². The molecule has 2 aromatic carbocycles. The van der Waals surface area contributed by atoms with Crippen LogP contribution in [0.5, 0.6) is 17.2 Å². The van der Waals surface area contributed by atoms with Gasteiger partial charge in [0.05, 0.1) is 14.2 Å². The summed E-state index contributed by atoms with van der Waals surface area (Å²) >= 11 is 0. The van der Waals surface area contributed by atoms with E-state index >= 15 is 0 Å². The highest BCUT2D eigenvalue weighted by molar-refractivity contribution is 5.78. The van der Waals surface area contributed by atoms with Gasteiger partial charge in [0.15, 0.2) is 0 Å². The Kier molecular flexibility index (Phi) is 8.29. The highest BCUT2D eigenvalue weighted by atomic mass is 19.2. The van der Waals surface area contributed by atoms with Gasteiger partial charge in [0.25, 0.3) is 0 Å². The Balaban J connectivity index is 2.40. The maximum Gasteiger partial charge on any atom is 0.328 e. The first-order valence-electron chi connectivity index (χ1n) is 10.1. The zero-order valence-corrected chi connectivity index (χ0v) is 19.1. The number of benzene rings is 2. The van der Waals surface area contributed by atoms with Crippen LogP contribution in [0.25, 0.3) is 0 Å². The molecule has 2 aromatic rings. The van der Waals surface area contributed by atoms with Gasteiger partial charge < -0.3 is 14.2 Å². The average molecular weight is 475 g/mol. The Hall–Kier alpha value is -2.88. The van der Waals surface area contributed by atoms with Crippen molar-refractivity contribution in [2.75, 3.05) is 14.2 Å². The van der Waals surface area contributed by atoms with Crippen LogP contribution in [-0.4, -0.2) is 26.2 Å². The van der Waals surface area contributed by atoms with Gasteiger partial charge in [0.1, 0.15) is 17.5 Å². The Labute approximate surface area is 188 Å². The van der Waals surface area contributed by atoms with Crippen molar-refractivity contribution < 1.29 is 41.0 Å². The number of esters is 1. The van der Waals surface area contributed by atoms with Crippen molar-refractivity contribution in [3.8, 4) is 17.2 Å². The van der Waals surface area contributed by atoms with E-state index in [1.807, 2.05) is 0 Å². The molecule has 0 amide bonds. The number of carbonyl (C=O) groups is 1. The van der Waals surface area contributed by atoms with Crippen molar-refractivity contribution in [1.29, 1.82) is 0 Å². The van der Waals surface area contributed by atoms with Crippen LogP contribution in [0.3, 0.4) is 0 Å². The van der Waals surface area contributed by atoms with E-state index in [9.17, 15) is 26.7 Å². The molecule has 1 unspecified atom stereocenters. The first-order chi connectivity index (χ1) is 15.3. The second-order valence-corrected chi connectivity index (χ2v) is 8.37. The summed E-state index contributed by atoms with van der Waals surface area (Å²) in [5.41, 5.74) is -0.270. The molecule has 182 valence electrons. The number of hydrogen-bond acceptors (Lipinski definition) is 5. The largest absolute Gasteiger partial charge is 0.497 e. The van der Waals surface area contributed by atoms with Crippen LogP contribution in [0.15, 0.2) is 18.2 Å². The van der Waals surface area contributed by atoms with Gasteiger partial charge in [0.2, 0.25) is 34.8 Å². The first-order valence-corrected chi connectivity index (χ1v) is 10.1. The maximum absolute atomic E-state index is 14.0. The molecule has 0 radical (unpaired) electrons. The number of ether oxygens (including phenoxy) is 3. The fourth-order valence-electron chi connectivity index (χ4n) is 3.22. The summed E-state index contributed by atoms with van der Waals surface area (Å²) in [5.74, 6) is -13.1. The maximum atomic E-state index is 14.0. The predicted octanol–water partition coefficient (Wildman–Crippen LogP) is 5.24. The van der Waals surface area contributed by atoms with Crippen LogP contribution < -0.4 is 19.5 Å². The topological polar surface area (TPSA) is 56.8 Å². The lowest BCUT2D eigenvalue weighted by Gasteiger charge is -2.32. The third-order valence-electron chi connectivity index (χ3n) is 4.97. The third kappa shape index (κ3) is 5.93. The lowest BCUT2D eigenvalue weighted by atomic mass is 9.91. The lowest BCUT2D eigenvalue weighted by Crippen LogP contribution is -2.49. The van der Waals surface area contributed by atoms with E-state index in [0.717, 1.165) is 0 Å². The second kappa shape index (κ2) is 10.4. The molecule has 1 N–H and O–H groups in total. The molecule has 1 atom stereocenters. The molecule has 33 heavy (non-hydrogen) atoms. The summed E-state index contributed by atoms with van der Waals surface area (Å²) < 4.78 is 83.5. The summed E-state index contributed by atoms with van der Waals surface area (Å²) in [6.45, 7) is 7.06. The molecule has 0 saturated heterocycles. The van der Waals surface area contributed by atoms with Crippen LogP contribution in [0.1, 0.15) is 39.7 Å². The molecule has 0 aliphatic rings. The van der Waals surface area contributed by atoms with E-state index < -0.39 is 52.4 Å². The monoisotopic (exact) mass is 475 g/mol. The fraction of sp³-hybridized carbons (Fsp3) is 0.435. The summed E-state index contributed by atoms with van der Waals surface area (Å²) in [7, 11) is 2.95. The average Bonchev–Trinajstić information content (AvgIpc) is 2.77. The van der Waals surface area contributed by atoms with Crippen molar-refractivity contribution in [2.45, 2.75) is 45.7 Å². The molecule has 0 heterocycles. The van der Waals surface area contributed by atoms with Crippen molar-refractivity contribution in [2.24, 2.45) is 5.92 Å². The molecule has 0 aromatic heterocycles. The van der Waals surface area contributed by atoms with E-state index in [1.54, 1.807) is 45.9 Å². The number of carbonyl (C=O) groups excluding carboxylic acids is 1. The van der Waals surface area contributed by atoms with Gasteiger partial charge in [-0.2, -0.15) is 8.78 Å². The Morgan fingerprint density at radius 3 is 1.76 bits per heavy atom. The quantitative estimate of drug-likeness (QED) is 0.177. The van der Waals surface area contributed by atoms with E-state index in [4.69, 9.17) is 9.47 Å². The highest BCUT2D eigenvalue weighted by Crippen LogP contribution is 2.32. The highest BCUT2D eigenvalue weighted by Gasteiger charge is 2.34. The number of rotatable bonds is 9. The normalized spacial score (nSPS) is 12.6. The van der Waals surface area contributed by atoms with Crippen LogP contribution in [0.4, 0.5) is 22.0 Å². The molecule has 0 fully saturated rings. The zero-order valence-electron chi connectivity index (χ0n) is 19.1. The molecule has 5 nitrogen and oxygen atoms in total. The van der Waals surface area contributed by atoms with Crippen LogP contribution >= 0.6 is 0 Å². The van der Waals surface area contributed by atoms with Gasteiger partial charge in [-0.1, -0.05) is 13.8 Å². The third-order valence-corrected chi connectivity index (χ3v) is 4.97. The standard InChI is InChI=1S/C23H26F5NO4/c1-11(2)7-15(22(30)33-21-19(27)17(25)16(24)18(26)20(21)28)29-23(3,4)12-8-13(31-5)10-14(9-12)32-6/h8-11,15,29H,7H2,1-6H3. The molecule has 2 rings (SSSR count). The molecular weight excluding hydrogens is 449 g/mol. The number of nitrogens with one attached hydrogen (secondary N) is 1. The molecule has 10 heteroatoms. The number of methoxy groups -OCH3 is 2. The second-order valence-electron chi connectivity index (χ2n) is 8.37. The SMILES string of the molecule is COc1cc(OC)cc(C(C)(C)NC(CC(C)C)C(=O)Oc2c(F)c(F)c(F)c(F)c2F)c1. The zero-order chi connectivity index (χ0) is 25.1. The van der Waals surface area contributed by atoms with E-state index in [1.165, 1.54) is 14.2 Å². The molecule has 0 spiro atoms. The fourth-order valence-corrected chi connectivity index (χ4v) is 3.22. The molecule has 0 bridgehead atoms. The van der Waals surface area contributed by atoms with Gasteiger partial charge in [-0.05, 0) is 43.9 Å². The smallest absolute Gasteiger partial charge is 0.328 e. The summed E-state index contributed by atoms with van der Waals surface area (Å²) in [4.78, 5) is 12.8. The van der Waals surface area contributed by atoms with Gasteiger partial charge >= 0.3 is 5.97 Å². The van der Waals surface area contributed by atoms with Crippen molar-refractivity contribution >= 4 is 5.97 Å². The minimum atomic E-state index is -2.34. The molecular formula is C23H26F5NO4. The summed E-state index contributed by atoms with van der Waals surface area (Å²) in [5, 5.41) is 3.05. The minimum Gasteiger partial charge on any atom is -0.497 e. The summed E-state index contributed by atoms with van der Waals surface area (Å²) in [6.07, 6.45) is 0.152. The van der Waals surface area contributed by atoms with E-state index in [2.05, 4.69) is 10.1 Å². The minimum absolute atomic E-state index is 0.0814. The Morgan fingerprint density at radius 1 is 0.879 bits per heavy atom. The van der Waals surface area contributed by atoms with E-state index in [-0.39, 0.29) is 12.3 Å².